The van der Waals surface area contributed by atoms with E-state index in [1.54, 1.807) is 20.8 Å². The van der Waals surface area contributed by atoms with Gasteiger partial charge in [0.2, 0.25) is 5.78 Å². The molecule has 3 amide bonds. The molecule has 10 heteroatoms. The third kappa shape index (κ3) is 4.85. The van der Waals surface area contributed by atoms with E-state index in [-0.39, 0.29) is 29.2 Å². The van der Waals surface area contributed by atoms with Gasteiger partial charge in [-0.2, -0.15) is 0 Å². The molecular formula is C24H33N3O7. The number of aromatic amines is 1. The van der Waals surface area contributed by atoms with Gasteiger partial charge in [-0.3, -0.25) is 19.3 Å². The monoisotopic (exact) mass is 475 g/mol. The van der Waals surface area contributed by atoms with Crippen LogP contribution in [0.2, 0.25) is 0 Å². The van der Waals surface area contributed by atoms with Gasteiger partial charge in [0, 0.05) is 5.69 Å². The number of ketones is 1. The highest BCUT2D eigenvalue weighted by atomic mass is 16.5. The summed E-state index contributed by atoms with van der Waals surface area (Å²) < 4.78 is 10.1. The molecule has 1 saturated heterocycles. The second-order valence-electron chi connectivity index (χ2n) is 10.2. The van der Waals surface area contributed by atoms with Gasteiger partial charge in [0.15, 0.2) is 6.61 Å². The summed E-state index contributed by atoms with van der Waals surface area (Å²) in [5, 5.41) is 2.80. The molecule has 1 spiro atoms. The number of esters is 2. The fourth-order valence-electron chi connectivity index (χ4n) is 5.58. The number of carbonyl (C=O) groups excluding carboxylic acids is 5. The van der Waals surface area contributed by atoms with Crippen molar-refractivity contribution in [1.82, 2.24) is 15.2 Å². The summed E-state index contributed by atoms with van der Waals surface area (Å²) in [4.78, 5) is 66.5. The van der Waals surface area contributed by atoms with E-state index in [1.165, 1.54) is 0 Å². The van der Waals surface area contributed by atoms with Crippen LogP contribution in [0.3, 0.4) is 0 Å². The zero-order valence-electron chi connectivity index (χ0n) is 20.6. The Bertz CT molecular complexity index is 1040. The van der Waals surface area contributed by atoms with E-state index < -0.39 is 48.4 Å². The zero-order chi connectivity index (χ0) is 25.4. The standard InChI is InChI=1S/C24H33N3O7/c1-7-33-20(30)18-14(3)19(25-15(18)4)16(28)11-34-17(29)10-27-21(31)24(26-22(27)32)9-13(2)8-23(5,6)12-24/h13,25H,7-12H2,1-6H3,(H,26,32). The van der Waals surface area contributed by atoms with E-state index in [4.69, 9.17) is 9.47 Å². The fourth-order valence-corrected chi connectivity index (χ4v) is 5.58. The highest BCUT2D eigenvalue weighted by Crippen LogP contribution is 2.46. The van der Waals surface area contributed by atoms with E-state index in [1.807, 2.05) is 6.92 Å². The van der Waals surface area contributed by atoms with E-state index in [0.29, 0.717) is 24.1 Å². The van der Waals surface area contributed by atoms with Crippen LogP contribution in [-0.2, 0) is 19.1 Å². The first-order valence-electron chi connectivity index (χ1n) is 11.5. The average Bonchev–Trinajstić information content (AvgIpc) is 3.12. The van der Waals surface area contributed by atoms with Crippen molar-refractivity contribution in [2.24, 2.45) is 11.3 Å². The van der Waals surface area contributed by atoms with Crippen molar-refractivity contribution < 1.29 is 33.4 Å². The van der Waals surface area contributed by atoms with Gasteiger partial charge in [0.05, 0.1) is 17.9 Å². The SMILES string of the molecule is CCOC(=O)c1c(C)[nH]c(C(=O)COC(=O)CN2C(=O)NC3(CC(C)CC(C)(C)C3)C2=O)c1C. The van der Waals surface area contributed by atoms with Crippen LogP contribution in [0, 0.1) is 25.2 Å². The van der Waals surface area contributed by atoms with Crippen molar-refractivity contribution in [1.29, 1.82) is 0 Å². The number of nitrogens with one attached hydrogen (secondary N) is 2. The van der Waals surface area contributed by atoms with E-state index in [9.17, 15) is 24.0 Å². The molecular weight excluding hydrogens is 442 g/mol. The fraction of sp³-hybridized carbons (Fsp3) is 0.625. The normalized spacial score (nSPS) is 23.7. The van der Waals surface area contributed by atoms with Crippen molar-refractivity contribution in [3.05, 3.63) is 22.5 Å². The Kier molecular flexibility index (Phi) is 6.91. The lowest BCUT2D eigenvalue weighted by Gasteiger charge is -2.43. The second kappa shape index (κ2) is 9.23. The van der Waals surface area contributed by atoms with Crippen LogP contribution in [-0.4, -0.2) is 64.8 Å². The molecule has 1 aliphatic heterocycles. The predicted molar refractivity (Wildman–Crippen MR) is 121 cm³/mol. The number of amides is 3. The van der Waals surface area contributed by atoms with Crippen molar-refractivity contribution in [2.45, 2.75) is 66.3 Å². The molecule has 34 heavy (non-hydrogen) atoms. The number of aromatic nitrogens is 1. The third-order valence-corrected chi connectivity index (χ3v) is 6.47. The third-order valence-electron chi connectivity index (χ3n) is 6.47. The summed E-state index contributed by atoms with van der Waals surface area (Å²) in [5.74, 6) is -2.15. The molecule has 0 radical (unpaired) electrons. The van der Waals surface area contributed by atoms with Gasteiger partial charge < -0.3 is 19.8 Å². The van der Waals surface area contributed by atoms with Crippen molar-refractivity contribution in [3.8, 4) is 0 Å². The molecule has 2 fully saturated rings. The summed E-state index contributed by atoms with van der Waals surface area (Å²) in [7, 11) is 0. The summed E-state index contributed by atoms with van der Waals surface area (Å²) in [6.45, 7) is 10.1. The Labute approximate surface area is 198 Å². The molecule has 1 aromatic rings. The second-order valence-corrected chi connectivity index (χ2v) is 10.2. The Balaban J connectivity index is 1.63. The summed E-state index contributed by atoms with van der Waals surface area (Å²) in [6.07, 6.45) is 1.95. The molecule has 186 valence electrons. The largest absolute Gasteiger partial charge is 0.462 e. The number of carbonyl (C=O) groups is 5. The van der Waals surface area contributed by atoms with Gasteiger partial charge in [-0.15, -0.1) is 0 Å². The Morgan fingerprint density at radius 2 is 1.79 bits per heavy atom. The topological polar surface area (TPSA) is 135 Å². The molecule has 2 heterocycles. The number of nitrogens with zero attached hydrogens (tertiary/aromatic N) is 1. The van der Waals surface area contributed by atoms with Crippen LogP contribution in [0.25, 0.3) is 0 Å². The van der Waals surface area contributed by atoms with Gasteiger partial charge >= 0.3 is 18.0 Å². The number of hydrogen-bond acceptors (Lipinski definition) is 7. The first-order valence-corrected chi connectivity index (χ1v) is 11.5. The number of ether oxygens (including phenoxy) is 2. The maximum atomic E-state index is 13.1. The minimum Gasteiger partial charge on any atom is -0.462 e. The van der Waals surface area contributed by atoms with E-state index in [0.717, 1.165) is 11.3 Å². The highest BCUT2D eigenvalue weighted by molar-refractivity contribution is 6.09. The van der Waals surface area contributed by atoms with E-state index in [2.05, 4.69) is 24.1 Å². The van der Waals surface area contributed by atoms with Crippen LogP contribution >= 0.6 is 0 Å². The Morgan fingerprint density at radius 1 is 1.12 bits per heavy atom. The number of H-pyrrole nitrogens is 1. The average molecular weight is 476 g/mol. The summed E-state index contributed by atoms with van der Waals surface area (Å²) >= 11 is 0. The molecule has 0 aromatic carbocycles. The molecule has 2 unspecified atom stereocenters. The minimum absolute atomic E-state index is 0.127. The lowest BCUT2D eigenvalue weighted by molar-refractivity contribution is -0.147. The van der Waals surface area contributed by atoms with Crippen LogP contribution < -0.4 is 5.32 Å². The summed E-state index contributed by atoms with van der Waals surface area (Å²) in [5.41, 5.74) is 0.142. The van der Waals surface area contributed by atoms with Gasteiger partial charge in [-0.25, -0.2) is 9.59 Å². The van der Waals surface area contributed by atoms with Crippen LogP contribution in [0.5, 0.6) is 0 Å². The maximum Gasteiger partial charge on any atom is 0.340 e. The number of imide groups is 1. The highest BCUT2D eigenvalue weighted by Gasteiger charge is 2.56. The molecule has 0 bridgehead atoms. The maximum absolute atomic E-state index is 13.1. The molecule has 1 saturated carbocycles. The first kappa shape index (κ1) is 25.5. The number of aryl methyl sites for hydroxylation is 1. The van der Waals surface area contributed by atoms with Crippen molar-refractivity contribution in [3.63, 3.8) is 0 Å². The quantitative estimate of drug-likeness (QED) is 0.352. The lowest BCUT2D eigenvalue weighted by atomic mass is 9.64. The van der Waals surface area contributed by atoms with Gasteiger partial charge in [0.25, 0.3) is 5.91 Å². The minimum atomic E-state index is -1.02. The number of Topliss-reactive ketones (excluding diaryl/α,β-unsaturated/α-hetero) is 1. The number of urea groups is 1. The molecule has 3 rings (SSSR count). The van der Waals surface area contributed by atoms with Gasteiger partial charge in [0.1, 0.15) is 12.1 Å². The van der Waals surface area contributed by atoms with Crippen LogP contribution in [0.1, 0.15) is 79.1 Å². The molecule has 1 aromatic heterocycles. The molecule has 2 N–H and O–H groups in total. The molecule has 1 aliphatic carbocycles. The molecule has 10 nitrogen and oxygen atoms in total. The van der Waals surface area contributed by atoms with Crippen molar-refractivity contribution in [2.75, 3.05) is 19.8 Å². The Morgan fingerprint density at radius 3 is 2.41 bits per heavy atom. The Hall–Kier alpha value is -3.17. The molecule has 2 aliphatic rings. The number of rotatable bonds is 7. The number of hydrogen-bond donors (Lipinski definition) is 2. The smallest absolute Gasteiger partial charge is 0.340 e. The predicted octanol–water partition coefficient (Wildman–Crippen LogP) is 2.67. The summed E-state index contributed by atoms with van der Waals surface area (Å²) in [6, 6.07) is -0.631. The molecule has 2 atom stereocenters. The van der Waals surface area contributed by atoms with Crippen LogP contribution in [0.15, 0.2) is 0 Å². The van der Waals surface area contributed by atoms with Crippen LogP contribution in [0.4, 0.5) is 4.79 Å². The van der Waals surface area contributed by atoms with E-state index >= 15 is 0 Å². The lowest BCUT2D eigenvalue weighted by Crippen LogP contribution is -2.54. The zero-order valence-corrected chi connectivity index (χ0v) is 20.6. The van der Waals surface area contributed by atoms with Gasteiger partial charge in [-0.1, -0.05) is 20.8 Å². The van der Waals surface area contributed by atoms with Gasteiger partial charge in [-0.05, 0) is 56.9 Å². The first-order chi connectivity index (χ1) is 15.8. The van der Waals surface area contributed by atoms with Crippen molar-refractivity contribution >= 4 is 29.7 Å².